The van der Waals surface area contributed by atoms with E-state index in [0.717, 1.165) is 51.6 Å². The Morgan fingerprint density at radius 2 is 2.24 bits per heavy atom. The summed E-state index contributed by atoms with van der Waals surface area (Å²) in [4.78, 5) is 18.7. The number of nitriles is 1. The normalized spacial score (nSPS) is 23.3. The number of nitrogens with one attached hydrogen (secondary N) is 2. The molecule has 1 amide bonds. The van der Waals surface area contributed by atoms with Crippen molar-refractivity contribution in [2.45, 2.75) is 63.6 Å². The van der Waals surface area contributed by atoms with Gasteiger partial charge in [0.25, 0.3) is 0 Å². The summed E-state index contributed by atoms with van der Waals surface area (Å²) in [5, 5.41) is 19.5. The summed E-state index contributed by atoms with van der Waals surface area (Å²) in [5.74, 6) is 1.19. The van der Waals surface area contributed by atoms with Crippen LogP contribution in [0, 0.1) is 18.3 Å². The second kappa shape index (κ2) is 7.93. The van der Waals surface area contributed by atoms with Crippen molar-refractivity contribution >= 4 is 5.91 Å². The van der Waals surface area contributed by atoms with Crippen molar-refractivity contribution in [1.29, 1.82) is 5.26 Å². The van der Waals surface area contributed by atoms with Crippen LogP contribution in [0.2, 0.25) is 0 Å². The van der Waals surface area contributed by atoms with Gasteiger partial charge in [-0.25, -0.2) is 0 Å². The Morgan fingerprint density at radius 1 is 1.44 bits per heavy atom. The van der Waals surface area contributed by atoms with Crippen LogP contribution in [0.3, 0.4) is 0 Å². The van der Waals surface area contributed by atoms with E-state index < -0.39 is 5.54 Å². The van der Waals surface area contributed by atoms with Crippen molar-refractivity contribution in [3.05, 3.63) is 11.7 Å². The zero-order valence-electron chi connectivity index (χ0n) is 14.8. The highest BCUT2D eigenvalue weighted by atomic mass is 16.5. The zero-order chi connectivity index (χ0) is 17.7. The standard InChI is InChI=1S/C17H26N6O2/c1-13-20-15(22-25-13)11-23-8-4-5-14(10-23)19-9-16(24)21-17(12-18)6-2-3-7-17/h14,19H,2-11H2,1H3,(H,21,24). The highest BCUT2D eigenvalue weighted by molar-refractivity contribution is 5.79. The maximum atomic E-state index is 12.2. The van der Waals surface area contributed by atoms with Gasteiger partial charge in [0, 0.05) is 19.5 Å². The molecule has 2 fully saturated rings. The molecule has 1 saturated carbocycles. The molecule has 1 aliphatic carbocycles. The van der Waals surface area contributed by atoms with Gasteiger partial charge in [0.1, 0.15) is 5.54 Å². The number of carbonyl (C=O) groups is 1. The molecule has 2 aliphatic rings. The van der Waals surface area contributed by atoms with Crippen LogP contribution in [0.5, 0.6) is 0 Å². The van der Waals surface area contributed by atoms with Gasteiger partial charge in [-0.15, -0.1) is 0 Å². The topological polar surface area (TPSA) is 107 Å². The number of rotatable bonds is 6. The van der Waals surface area contributed by atoms with Gasteiger partial charge in [-0.05, 0) is 45.1 Å². The van der Waals surface area contributed by atoms with E-state index in [1.165, 1.54) is 0 Å². The molecule has 25 heavy (non-hydrogen) atoms. The maximum Gasteiger partial charge on any atom is 0.235 e. The zero-order valence-corrected chi connectivity index (χ0v) is 14.8. The molecule has 3 rings (SSSR count). The van der Waals surface area contributed by atoms with Crippen LogP contribution in [-0.4, -0.2) is 52.2 Å². The molecule has 0 spiro atoms. The highest BCUT2D eigenvalue weighted by Crippen LogP contribution is 2.28. The van der Waals surface area contributed by atoms with E-state index in [2.05, 4.69) is 31.7 Å². The highest BCUT2D eigenvalue weighted by Gasteiger charge is 2.35. The first-order valence-corrected chi connectivity index (χ1v) is 9.06. The van der Waals surface area contributed by atoms with Crippen LogP contribution in [0.25, 0.3) is 0 Å². The first-order chi connectivity index (χ1) is 12.1. The molecule has 1 unspecified atom stereocenters. The fourth-order valence-electron chi connectivity index (χ4n) is 3.76. The number of piperidine rings is 1. The second-order valence-corrected chi connectivity index (χ2v) is 7.13. The van der Waals surface area contributed by atoms with Gasteiger partial charge < -0.3 is 15.2 Å². The fraction of sp³-hybridized carbons (Fsp3) is 0.765. The van der Waals surface area contributed by atoms with Crippen molar-refractivity contribution in [1.82, 2.24) is 25.7 Å². The molecule has 2 heterocycles. The number of hydrogen-bond donors (Lipinski definition) is 2. The lowest BCUT2D eigenvalue weighted by Gasteiger charge is -2.32. The smallest absolute Gasteiger partial charge is 0.235 e. The number of nitrogens with zero attached hydrogens (tertiary/aromatic N) is 4. The minimum absolute atomic E-state index is 0.0885. The van der Waals surface area contributed by atoms with Gasteiger partial charge in [0.15, 0.2) is 5.82 Å². The van der Waals surface area contributed by atoms with E-state index in [4.69, 9.17) is 4.52 Å². The van der Waals surface area contributed by atoms with Crippen molar-refractivity contribution in [3.63, 3.8) is 0 Å². The molecule has 8 heteroatoms. The fourth-order valence-corrected chi connectivity index (χ4v) is 3.76. The van der Waals surface area contributed by atoms with Crippen LogP contribution in [0.4, 0.5) is 0 Å². The quantitative estimate of drug-likeness (QED) is 0.787. The number of hydrogen-bond acceptors (Lipinski definition) is 7. The van der Waals surface area contributed by atoms with Crippen LogP contribution < -0.4 is 10.6 Å². The summed E-state index contributed by atoms with van der Waals surface area (Å²) < 4.78 is 5.01. The molecule has 1 saturated heterocycles. The van der Waals surface area contributed by atoms with E-state index in [-0.39, 0.29) is 18.5 Å². The van der Waals surface area contributed by atoms with Crippen molar-refractivity contribution in [2.24, 2.45) is 0 Å². The van der Waals surface area contributed by atoms with E-state index in [1.54, 1.807) is 6.92 Å². The Morgan fingerprint density at radius 3 is 2.92 bits per heavy atom. The number of carbonyl (C=O) groups excluding carboxylic acids is 1. The molecular weight excluding hydrogens is 320 g/mol. The van der Waals surface area contributed by atoms with Crippen molar-refractivity contribution in [2.75, 3.05) is 19.6 Å². The summed E-state index contributed by atoms with van der Waals surface area (Å²) >= 11 is 0. The third kappa shape index (κ3) is 4.77. The summed E-state index contributed by atoms with van der Waals surface area (Å²) in [6.07, 6.45) is 5.65. The number of amides is 1. The number of aryl methyl sites for hydroxylation is 1. The molecule has 136 valence electrons. The first-order valence-electron chi connectivity index (χ1n) is 9.06. The first kappa shape index (κ1) is 17.8. The molecule has 2 N–H and O–H groups in total. The van der Waals surface area contributed by atoms with Gasteiger partial charge in [-0.3, -0.25) is 9.69 Å². The van der Waals surface area contributed by atoms with E-state index >= 15 is 0 Å². The monoisotopic (exact) mass is 346 g/mol. The van der Waals surface area contributed by atoms with Gasteiger partial charge in [0.2, 0.25) is 11.8 Å². The van der Waals surface area contributed by atoms with Crippen molar-refractivity contribution in [3.8, 4) is 6.07 Å². The SMILES string of the molecule is Cc1nc(CN2CCCC(NCC(=O)NC3(C#N)CCCC3)C2)no1. The van der Waals surface area contributed by atoms with Crippen LogP contribution in [-0.2, 0) is 11.3 Å². The van der Waals surface area contributed by atoms with E-state index in [0.29, 0.717) is 18.3 Å². The Bertz CT molecular complexity index is 631. The molecule has 1 aliphatic heterocycles. The average molecular weight is 346 g/mol. The Hall–Kier alpha value is -1.98. The molecule has 1 atom stereocenters. The average Bonchev–Trinajstić information content (AvgIpc) is 3.23. The molecule has 1 aromatic rings. The molecule has 0 radical (unpaired) electrons. The van der Waals surface area contributed by atoms with Gasteiger partial charge in [-0.1, -0.05) is 5.16 Å². The summed E-state index contributed by atoms with van der Waals surface area (Å²) in [5.41, 5.74) is -0.645. The second-order valence-electron chi connectivity index (χ2n) is 7.13. The molecule has 1 aromatic heterocycles. The van der Waals surface area contributed by atoms with Crippen LogP contribution in [0.1, 0.15) is 50.2 Å². The lowest BCUT2D eigenvalue weighted by molar-refractivity contribution is -0.121. The van der Waals surface area contributed by atoms with E-state index in [9.17, 15) is 10.1 Å². The Labute approximate surface area is 147 Å². The minimum Gasteiger partial charge on any atom is -0.340 e. The Balaban J connectivity index is 1.43. The van der Waals surface area contributed by atoms with Gasteiger partial charge in [0.05, 0.1) is 19.2 Å². The third-order valence-electron chi connectivity index (χ3n) is 5.04. The molecule has 8 nitrogen and oxygen atoms in total. The predicted octanol–water partition coefficient (Wildman–Crippen LogP) is 0.885. The lowest BCUT2D eigenvalue weighted by Crippen LogP contribution is -2.52. The number of likely N-dealkylation sites (tertiary alicyclic amines) is 1. The van der Waals surface area contributed by atoms with Crippen LogP contribution in [0.15, 0.2) is 4.52 Å². The lowest BCUT2D eigenvalue weighted by atomic mass is 10.00. The molecular formula is C17H26N6O2. The third-order valence-corrected chi connectivity index (χ3v) is 5.04. The summed E-state index contributed by atoms with van der Waals surface area (Å²) in [7, 11) is 0. The van der Waals surface area contributed by atoms with Crippen LogP contribution >= 0.6 is 0 Å². The maximum absolute atomic E-state index is 12.2. The summed E-state index contributed by atoms with van der Waals surface area (Å²) in [6.45, 7) is 4.55. The molecule has 0 aromatic carbocycles. The van der Waals surface area contributed by atoms with Gasteiger partial charge >= 0.3 is 0 Å². The van der Waals surface area contributed by atoms with E-state index in [1.807, 2.05) is 0 Å². The summed E-state index contributed by atoms with van der Waals surface area (Å²) in [6, 6.07) is 2.55. The van der Waals surface area contributed by atoms with Crippen molar-refractivity contribution < 1.29 is 9.32 Å². The predicted molar refractivity (Wildman–Crippen MR) is 90.3 cm³/mol. The Kier molecular flexibility index (Phi) is 5.66. The number of aromatic nitrogens is 2. The minimum atomic E-state index is -0.645. The van der Waals surface area contributed by atoms with Gasteiger partial charge in [-0.2, -0.15) is 10.2 Å². The largest absolute Gasteiger partial charge is 0.340 e. The molecule has 0 bridgehead atoms.